The molecule has 0 saturated carbocycles. The third-order valence-electron chi connectivity index (χ3n) is 3.10. The summed E-state index contributed by atoms with van der Waals surface area (Å²) in [4.78, 5) is 10.4. The largest absolute Gasteiger partial charge is 0.481 e. The minimum atomic E-state index is -3.59. The molecule has 0 aromatic rings. The zero-order valence-corrected chi connectivity index (χ0v) is 12.5. The van der Waals surface area contributed by atoms with E-state index < -0.39 is 16.2 Å². The van der Waals surface area contributed by atoms with E-state index in [0.717, 1.165) is 4.31 Å². The number of carbonyl (C=O) groups is 1. The average molecular weight is 280 g/mol. The summed E-state index contributed by atoms with van der Waals surface area (Å²) in [5, 5.41) is 8.51. The predicted octanol–water partition coefficient (Wildman–Crippen LogP) is 0.909. The molecule has 0 fully saturated rings. The van der Waals surface area contributed by atoms with Crippen LogP contribution in [0.5, 0.6) is 0 Å². The molecule has 0 amide bonds. The molecule has 0 bridgehead atoms. The maximum absolute atomic E-state index is 11.8. The average Bonchev–Trinajstić information content (AvgIpc) is 2.20. The summed E-state index contributed by atoms with van der Waals surface area (Å²) in [5.41, 5.74) is 0.0160. The highest BCUT2D eigenvalue weighted by Crippen LogP contribution is 2.24. The van der Waals surface area contributed by atoms with Gasteiger partial charge in [-0.1, -0.05) is 27.7 Å². The second-order valence-corrected chi connectivity index (χ2v) is 7.45. The Kier molecular flexibility index (Phi) is 6.25. The molecule has 0 aromatic carbocycles. The monoisotopic (exact) mass is 280 g/mol. The van der Waals surface area contributed by atoms with Gasteiger partial charge in [0.15, 0.2) is 0 Å². The Hall–Kier alpha value is -0.660. The fourth-order valence-corrected chi connectivity index (χ4v) is 2.03. The van der Waals surface area contributed by atoms with E-state index in [-0.39, 0.29) is 24.3 Å². The van der Waals surface area contributed by atoms with Gasteiger partial charge in [0.2, 0.25) is 0 Å². The number of carboxylic acid groups (broad SMARTS) is 1. The lowest BCUT2D eigenvalue weighted by molar-refractivity contribution is -0.137. The van der Waals surface area contributed by atoms with Gasteiger partial charge in [-0.2, -0.15) is 12.7 Å². The van der Waals surface area contributed by atoms with Crippen LogP contribution in [0.2, 0.25) is 0 Å². The van der Waals surface area contributed by atoms with Crippen molar-refractivity contribution in [2.45, 2.75) is 34.1 Å². The Bertz CT molecular complexity index is 373. The van der Waals surface area contributed by atoms with Crippen molar-refractivity contribution >= 4 is 16.2 Å². The number of nitrogens with zero attached hydrogens (tertiary/aromatic N) is 1. The first-order valence-corrected chi connectivity index (χ1v) is 7.33. The Morgan fingerprint density at radius 1 is 1.39 bits per heavy atom. The molecule has 108 valence electrons. The van der Waals surface area contributed by atoms with Crippen molar-refractivity contribution in [2.24, 2.45) is 11.3 Å². The van der Waals surface area contributed by atoms with Crippen molar-refractivity contribution in [3.63, 3.8) is 0 Å². The zero-order chi connectivity index (χ0) is 14.6. The first-order chi connectivity index (χ1) is 7.97. The van der Waals surface area contributed by atoms with Crippen LogP contribution in [-0.4, -0.2) is 43.9 Å². The molecular formula is C11H24N2O4S. The smallest absolute Gasteiger partial charge is 0.304 e. The van der Waals surface area contributed by atoms with Gasteiger partial charge in [0.05, 0.1) is 6.42 Å². The standard InChI is InChI=1S/C11H24N2O4S/c1-9(11(2,3)4)8-12-18(16,17)13(5)7-6-10(14)15/h9,12H,6-8H2,1-5H3,(H,14,15). The fourth-order valence-electron chi connectivity index (χ4n) is 1.02. The maximum Gasteiger partial charge on any atom is 0.304 e. The van der Waals surface area contributed by atoms with Crippen LogP contribution < -0.4 is 4.72 Å². The third-order valence-corrected chi connectivity index (χ3v) is 4.64. The molecule has 1 atom stereocenters. The van der Waals surface area contributed by atoms with Crippen LogP contribution >= 0.6 is 0 Å². The van der Waals surface area contributed by atoms with E-state index in [9.17, 15) is 13.2 Å². The number of hydrogen-bond donors (Lipinski definition) is 2. The molecule has 0 radical (unpaired) electrons. The number of hydrogen-bond acceptors (Lipinski definition) is 3. The highest BCUT2D eigenvalue weighted by atomic mass is 32.2. The van der Waals surface area contributed by atoms with Crippen LogP contribution in [-0.2, 0) is 15.0 Å². The molecule has 0 rings (SSSR count). The first kappa shape index (κ1) is 17.3. The minimum absolute atomic E-state index is 0.0160. The molecule has 0 aliphatic heterocycles. The lowest BCUT2D eigenvalue weighted by Crippen LogP contribution is -2.42. The number of rotatable bonds is 7. The van der Waals surface area contributed by atoms with E-state index in [1.807, 2.05) is 27.7 Å². The molecule has 0 heterocycles. The van der Waals surface area contributed by atoms with Crippen LogP contribution in [0, 0.1) is 11.3 Å². The Morgan fingerprint density at radius 2 is 1.89 bits per heavy atom. The Morgan fingerprint density at radius 3 is 2.28 bits per heavy atom. The van der Waals surface area contributed by atoms with Crippen molar-refractivity contribution in [3.8, 4) is 0 Å². The Labute approximate surface area is 110 Å². The molecule has 0 spiro atoms. The van der Waals surface area contributed by atoms with Crippen LogP contribution in [0.15, 0.2) is 0 Å². The first-order valence-electron chi connectivity index (χ1n) is 5.89. The molecule has 6 nitrogen and oxygen atoms in total. The highest BCUT2D eigenvalue weighted by molar-refractivity contribution is 7.87. The maximum atomic E-state index is 11.8. The topological polar surface area (TPSA) is 86.7 Å². The molecular weight excluding hydrogens is 256 g/mol. The van der Waals surface area contributed by atoms with E-state index in [4.69, 9.17) is 5.11 Å². The predicted molar refractivity (Wildman–Crippen MR) is 70.4 cm³/mol. The van der Waals surface area contributed by atoms with Crippen LogP contribution in [0.4, 0.5) is 0 Å². The summed E-state index contributed by atoms with van der Waals surface area (Å²) in [6.07, 6.45) is -0.202. The normalized spacial score (nSPS) is 14.8. The molecule has 18 heavy (non-hydrogen) atoms. The zero-order valence-electron chi connectivity index (χ0n) is 11.7. The van der Waals surface area contributed by atoms with E-state index in [1.165, 1.54) is 7.05 Å². The van der Waals surface area contributed by atoms with Crippen molar-refractivity contribution in [1.29, 1.82) is 0 Å². The fraction of sp³-hybridized carbons (Fsp3) is 0.909. The van der Waals surface area contributed by atoms with Gasteiger partial charge in [-0.05, 0) is 11.3 Å². The summed E-state index contributed by atoms with van der Waals surface area (Å²) in [5.74, 6) is -0.833. The SMILES string of the molecule is CC(CNS(=O)(=O)N(C)CCC(=O)O)C(C)(C)C. The van der Waals surface area contributed by atoms with Gasteiger partial charge in [0, 0.05) is 20.1 Å². The summed E-state index contributed by atoms with van der Waals surface area (Å²) in [6.45, 7) is 8.40. The van der Waals surface area contributed by atoms with Crippen LogP contribution in [0.25, 0.3) is 0 Å². The molecule has 0 aliphatic rings. The van der Waals surface area contributed by atoms with Gasteiger partial charge in [-0.15, -0.1) is 0 Å². The van der Waals surface area contributed by atoms with Crippen LogP contribution in [0.1, 0.15) is 34.1 Å². The van der Waals surface area contributed by atoms with Crippen molar-refractivity contribution in [3.05, 3.63) is 0 Å². The summed E-state index contributed by atoms with van der Waals surface area (Å²) >= 11 is 0. The number of aliphatic carboxylic acids is 1. The second-order valence-electron chi connectivity index (χ2n) is 5.59. The van der Waals surface area contributed by atoms with Gasteiger partial charge in [-0.3, -0.25) is 4.79 Å². The summed E-state index contributed by atoms with van der Waals surface area (Å²) in [7, 11) is -2.22. The van der Waals surface area contributed by atoms with Gasteiger partial charge in [0.25, 0.3) is 10.2 Å². The van der Waals surface area contributed by atoms with E-state index in [1.54, 1.807) is 0 Å². The summed E-state index contributed by atoms with van der Waals surface area (Å²) < 4.78 is 27.1. The van der Waals surface area contributed by atoms with Crippen molar-refractivity contribution < 1.29 is 18.3 Å². The quantitative estimate of drug-likeness (QED) is 0.725. The molecule has 0 aliphatic carbocycles. The van der Waals surface area contributed by atoms with Gasteiger partial charge in [0.1, 0.15) is 0 Å². The molecule has 7 heteroatoms. The van der Waals surface area contributed by atoms with Gasteiger partial charge < -0.3 is 5.11 Å². The van der Waals surface area contributed by atoms with Crippen molar-refractivity contribution in [2.75, 3.05) is 20.1 Å². The second kappa shape index (κ2) is 6.49. The van der Waals surface area contributed by atoms with Gasteiger partial charge in [-0.25, -0.2) is 4.72 Å². The Balaban J connectivity index is 4.35. The lowest BCUT2D eigenvalue weighted by Gasteiger charge is -2.28. The van der Waals surface area contributed by atoms with Crippen molar-refractivity contribution in [1.82, 2.24) is 9.03 Å². The highest BCUT2D eigenvalue weighted by Gasteiger charge is 2.24. The number of carboxylic acids is 1. The molecule has 2 N–H and O–H groups in total. The lowest BCUT2D eigenvalue weighted by atomic mass is 9.82. The molecule has 1 unspecified atom stereocenters. The van der Waals surface area contributed by atoms with E-state index in [2.05, 4.69) is 4.72 Å². The van der Waals surface area contributed by atoms with E-state index in [0.29, 0.717) is 6.54 Å². The number of nitrogens with one attached hydrogen (secondary N) is 1. The van der Waals surface area contributed by atoms with Gasteiger partial charge >= 0.3 is 5.97 Å². The molecule has 0 aromatic heterocycles. The third kappa shape index (κ3) is 6.32. The summed E-state index contributed by atoms with van der Waals surface area (Å²) in [6, 6.07) is 0. The minimum Gasteiger partial charge on any atom is -0.481 e. The molecule has 0 saturated heterocycles. The van der Waals surface area contributed by atoms with E-state index >= 15 is 0 Å². The van der Waals surface area contributed by atoms with Crippen LogP contribution in [0.3, 0.4) is 0 Å².